The molecule has 0 atom stereocenters. The van der Waals surface area contributed by atoms with Gasteiger partial charge in [-0.1, -0.05) is 12.1 Å². The summed E-state index contributed by atoms with van der Waals surface area (Å²) in [6.45, 7) is 0. The Kier molecular flexibility index (Phi) is 5.73. The minimum atomic E-state index is -0.535. The predicted octanol–water partition coefficient (Wildman–Crippen LogP) is 3.52. The molecule has 0 saturated heterocycles. The maximum atomic E-state index is 12.3. The Labute approximate surface area is 144 Å². The van der Waals surface area contributed by atoms with Crippen LogP contribution in [0.1, 0.15) is 15.9 Å². The molecule has 0 unspecified atom stereocenters. The summed E-state index contributed by atoms with van der Waals surface area (Å²) in [6.07, 6.45) is 2.80. The highest BCUT2D eigenvalue weighted by molar-refractivity contribution is 6.07. The second-order valence-corrected chi connectivity index (χ2v) is 4.92. The van der Waals surface area contributed by atoms with Crippen molar-refractivity contribution >= 4 is 17.5 Å². The smallest absolute Gasteiger partial charge is 0.311 e. The molecule has 0 amide bonds. The van der Waals surface area contributed by atoms with Crippen LogP contribution in [0, 0.1) is 10.1 Å². The quantitative estimate of drug-likeness (QED) is 0.331. The molecule has 2 rings (SSSR count). The van der Waals surface area contributed by atoms with E-state index in [2.05, 4.69) is 0 Å². The highest BCUT2D eigenvalue weighted by atomic mass is 16.6. The van der Waals surface area contributed by atoms with E-state index in [1.807, 2.05) is 0 Å². The highest BCUT2D eigenvalue weighted by Gasteiger charge is 2.17. The lowest BCUT2D eigenvalue weighted by molar-refractivity contribution is -0.385. The molecule has 2 aromatic rings. The Hall–Kier alpha value is -3.35. The molecule has 0 aliphatic heterocycles. The zero-order valence-electron chi connectivity index (χ0n) is 14.0. The van der Waals surface area contributed by atoms with Gasteiger partial charge < -0.3 is 14.2 Å². The number of hydrogen-bond donors (Lipinski definition) is 0. The standard InChI is InChI=1S/C18H17NO6/c1-23-16-10-8-13(11-17(16)24-2)15(20)9-7-12-5-4-6-14(19(21)22)18(12)25-3/h4-11H,1-3H3/b9-7+. The van der Waals surface area contributed by atoms with Crippen LogP contribution in [0.15, 0.2) is 42.5 Å². The first-order chi connectivity index (χ1) is 12.0. The van der Waals surface area contributed by atoms with E-state index < -0.39 is 4.92 Å². The monoisotopic (exact) mass is 343 g/mol. The molecule has 0 N–H and O–H groups in total. The fourth-order valence-corrected chi connectivity index (χ4v) is 2.29. The molecule has 0 radical (unpaired) electrons. The lowest BCUT2D eigenvalue weighted by Gasteiger charge is -2.08. The van der Waals surface area contributed by atoms with Gasteiger partial charge in [-0.2, -0.15) is 0 Å². The number of nitro groups is 1. The minimum Gasteiger partial charge on any atom is -0.493 e. The van der Waals surface area contributed by atoms with E-state index in [-0.39, 0.29) is 17.2 Å². The third-order valence-corrected chi connectivity index (χ3v) is 3.51. The van der Waals surface area contributed by atoms with E-state index in [4.69, 9.17) is 14.2 Å². The molecular formula is C18H17NO6. The molecule has 0 aliphatic rings. The summed E-state index contributed by atoms with van der Waals surface area (Å²) in [7, 11) is 4.33. The number of nitrogens with zero attached hydrogens (tertiary/aromatic N) is 1. The molecule has 0 spiro atoms. The molecule has 130 valence electrons. The molecule has 7 nitrogen and oxygen atoms in total. The summed E-state index contributed by atoms with van der Waals surface area (Å²) in [5.41, 5.74) is 0.673. The van der Waals surface area contributed by atoms with Crippen LogP contribution in [-0.4, -0.2) is 32.0 Å². The van der Waals surface area contributed by atoms with Crippen LogP contribution in [0.4, 0.5) is 5.69 Å². The number of methoxy groups -OCH3 is 3. The molecule has 0 aliphatic carbocycles. The first-order valence-corrected chi connectivity index (χ1v) is 7.27. The van der Waals surface area contributed by atoms with Gasteiger partial charge in [-0.3, -0.25) is 14.9 Å². The number of carbonyl (C=O) groups is 1. The fraction of sp³-hybridized carbons (Fsp3) is 0.167. The summed E-state index contributed by atoms with van der Waals surface area (Å²) in [5.74, 6) is 0.774. The second-order valence-electron chi connectivity index (χ2n) is 4.92. The SMILES string of the molecule is COc1ccc(C(=O)/C=C/c2cccc([N+](=O)[O-])c2OC)cc1OC. The van der Waals surface area contributed by atoms with Gasteiger partial charge in [0.15, 0.2) is 17.3 Å². The van der Waals surface area contributed by atoms with Gasteiger partial charge in [0.2, 0.25) is 5.75 Å². The number of para-hydroxylation sites is 1. The summed E-state index contributed by atoms with van der Waals surface area (Å²) in [6, 6.07) is 9.31. The normalized spacial score (nSPS) is 10.5. The zero-order valence-corrected chi connectivity index (χ0v) is 14.0. The number of allylic oxidation sites excluding steroid dienone is 1. The second kappa shape index (κ2) is 7.96. The third-order valence-electron chi connectivity index (χ3n) is 3.51. The topological polar surface area (TPSA) is 87.9 Å². The molecule has 25 heavy (non-hydrogen) atoms. The molecule has 0 aromatic heterocycles. The molecular weight excluding hydrogens is 326 g/mol. The molecule has 0 bridgehead atoms. The predicted molar refractivity (Wildman–Crippen MR) is 92.6 cm³/mol. The average Bonchev–Trinajstić information content (AvgIpc) is 2.64. The lowest BCUT2D eigenvalue weighted by Crippen LogP contribution is -1.98. The summed E-state index contributed by atoms with van der Waals surface area (Å²) in [5, 5.41) is 11.0. The minimum absolute atomic E-state index is 0.101. The molecule has 7 heteroatoms. The first kappa shape index (κ1) is 18.0. The van der Waals surface area contributed by atoms with E-state index in [1.165, 1.54) is 45.6 Å². The van der Waals surface area contributed by atoms with Crippen LogP contribution < -0.4 is 14.2 Å². The Morgan fingerprint density at radius 2 is 1.76 bits per heavy atom. The van der Waals surface area contributed by atoms with E-state index >= 15 is 0 Å². The Morgan fingerprint density at radius 3 is 2.36 bits per heavy atom. The lowest BCUT2D eigenvalue weighted by atomic mass is 10.1. The largest absolute Gasteiger partial charge is 0.493 e. The van der Waals surface area contributed by atoms with Gasteiger partial charge in [-0.25, -0.2) is 0 Å². The van der Waals surface area contributed by atoms with Crippen molar-refractivity contribution in [3.05, 3.63) is 63.7 Å². The number of ketones is 1. The summed E-state index contributed by atoms with van der Waals surface area (Å²) in [4.78, 5) is 22.8. The van der Waals surface area contributed by atoms with Gasteiger partial charge in [0, 0.05) is 17.2 Å². The molecule has 0 heterocycles. The van der Waals surface area contributed by atoms with Crippen molar-refractivity contribution in [1.82, 2.24) is 0 Å². The van der Waals surface area contributed by atoms with Crippen molar-refractivity contribution in [3.8, 4) is 17.2 Å². The number of rotatable bonds is 7. The zero-order chi connectivity index (χ0) is 18.4. The molecule has 2 aromatic carbocycles. The number of ether oxygens (including phenoxy) is 3. The number of carbonyl (C=O) groups excluding carboxylic acids is 1. The summed E-state index contributed by atoms with van der Waals surface area (Å²) < 4.78 is 15.4. The van der Waals surface area contributed by atoms with Gasteiger partial charge in [-0.15, -0.1) is 0 Å². The fourth-order valence-electron chi connectivity index (χ4n) is 2.29. The van der Waals surface area contributed by atoms with E-state index in [0.29, 0.717) is 22.6 Å². The molecule has 0 saturated carbocycles. The number of hydrogen-bond acceptors (Lipinski definition) is 6. The van der Waals surface area contributed by atoms with Crippen LogP contribution in [0.25, 0.3) is 6.08 Å². The van der Waals surface area contributed by atoms with Crippen LogP contribution in [0.2, 0.25) is 0 Å². The Balaban J connectivity index is 2.32. The average molecular weight is 343 g/mol. The van der Waals surface area contributed by atoms with Crippen LogP contribution in [0.3, 0.4) is 0 Å². The van der Waals surface area contributed by atoms with Gasteiger partial charge in [0.05, 0.1) is 26.3 Å². The van der Waals surface area contributed by atoms with Gasteiger partial charge in [0.25, 0.3) is 0 Å². The Bertz CT molecular complexity index is 828. The van der Waals surface area contributed by atoms with E-state index in [1.54, 1.807) is 24.3 Å². The van der Waals surface area contributed by atoms with E-state index in [0.717, 1.165) is 0 Å². The third kappa shape index (κ3) is 3.95. The van der Waals surface area contributed by atoms with Crippen LogP contribution >= 0.6 is 0 Å². The number of nitro benzene ring substituents is 1. The van der Waals surface area contributed by atoms with Gasteiger partial charge in [0.1, 0.15) is 0 Å². The van der Waals surface area contributed by atoms with Crippen molar-refractivity contribution in [2.45, 2.75) is 0 Å². The van der Waals surface area contributed by atoms with Crippen LogP contribution in [0.5, 0.6) is 17.2 Å². The maximum absolute atomic E-state index is 12.3. The van der Waals surface area contributed by atoms with Crippen LogP contribution in [-0.2, 0) is 0 Å². The summed E-state index contributed by atoms with van der Waals surface area (Å²) >= 11 is 0. The van der Waals surface area contributed by atoms with Crippen molar-refractivity contribution in [2.24, 2.45) is 0 Å². The molecule has 0 fully saturated rings. The van der Waals surface area contributed by atoms with Crippen molar-refractivity contribution < 1.29 is 23.9 Å². The van der Waals surface area contributed by atoms with Gasteiger partial charge in [-0.05, 0) is 30.4 Å². The van der Waals surface area contributed by atoms with Crippen molar-refractivity contribution in [2.75, 3.05) is 21.3 Å². The van der Waals surface area contributed by atoms with E-state index in [9.17, 15) is 14.9 Å². The van der Waals surface area contributed by atoms with Gasteiger partial charge >= 0.3 is 5.69 Å². The first-order valence-electron chi connectivity index (χ1n) is 7.27. The van der Waals surface area contributed by atoms with Crippen molar-refractivity contribution in [1.29, 1.82) is 0 Å². The Morgan fingerprint density at radius 1 is 1.04 bits per heavy atom. The highest BCUT2D eigenvalue weighted by Crippen LogP contribution is 2.32. The van der Waals surface area contributed by atoms with Crippen molar-refractivity contribution in [3.63, 3.8) is 0 Å². The number of benzene rings is 2. The maximum Gasteiger partial charge on any atom is 0.311 e.